The van der Waals surface area contributed by atoms with Crippen LogP contribution in [0.15, 0.2) is 30.3 Å². The maximum absolute atomic E-state index is 14.6. The molecule has 4 aliphatic carbocycles. The smallest absolute Gasteiger partial charge is 0.332 e. The molecule has 7 rings (SSSR count). The summed E-state index contributed by atoms with van der Waals surface area (Å²) < 4.78 is 13.4. The number of methoxy groups -OCH3 is 1. The van der Waals surface area contributed by atoms with Crippen molar-refractivity contribution in [1.29, 1.82) is 0 Å². The Morgan fingerprint density at radius 3 is 2.28 bits per heavy atom. The number of carbonyl (C=O) groups excluding carboxylic acids is 3. The molecule has 0 unspecified atom stereocenters. The van der Waals surface area contributed by atoms with E-state index in [0.29, 0.717) is 46.6 Å². The lowest BCUT2D eigenvalue weighted by Gasteiger charge is -2.59. The number of nitrogens with zero attached hydrogens (tertiary/aromatic N) is 4. The number of rotatable bonds is 16. The average Bonchev–Trinajstić information content (AvgIpc) is 3.59. The summed E-state index contributed by atoms with van der Waals surface area (Å²) in [5.41, 5.74) is 0.480. The standard InChI is InChI=1S/C45H62N6O6/c1-28(2)34-26-31(42(54)50(8)20-12-19-49(7)18-11-17-46-6)15-16-36(34)51-37(40-38(52)13-10-14-39(40)56-9)27-35(48-51)41(53)47-45(43(55)57-44(3,4)5)32-22-29-21-30(24-32)25-33(45)23-29/h10,13-14,26-30,32-33,46,52H,11-12,17-25H2,1-9H3,(H,47,53). The number of amides is 2. The van der Waals surface area contributed by atoms with Crippen molar-refractivity contribution in [3.63, 3.8) is 0 Å². The van der Waals surface area contributed by atoms with E-state index in [1.54, 1.807) is 40.9 Å². The molecule has 12 nitrogen and oxygen atoms in total. The molecule has 4 aliphatic rings. The van der Waals surface area contributed by atoms with Crippen LogP contribution in [0.1, 0.15) is 112 Å². The summed E-state index contributed by atoms with van der Waals surface area (Å²) in [7, 11) is 7.37. The van der Waals surface area contributed by atoms with Gasteiger partial charge >= 0.3 is 5.97 Å². The number of aromatic hydroxyl groups is 1. The molecule has 0 spiro atoms. The van der Waals surface area contributed by atoms with E-state index in [4.69, 9.17) is 14.6 Å². The monoisotopic (exact) mass is 782 g/mol. The van der Waals surface area contributed by atoms with Crippen LogP contribution in [0.4, 0.5) is 0 Å². The van der Waals surface area contributed by atoms with E-state index in [2.05, 4.69) is 34.7 Å². The molecule has 0 atom stereocenters. The fourth-order valence-corrected chi connectivity index (χ4v) is 9.63. The second-order valence-electron chi connectivity index (χ2n) is 17.9. The zero-order valence-corrected chi connectivity index (χ0v) is 35.3. The van der Waals surface area contributed by atoms with Crippen LogP contribution in [-0.4, -0.2) is 108 Å². The van der Waals surface area contributed by atoms with Crippen molar-refractivity contribution >= 4 is 17.8 Å². The van der Waals surface area contributed by atoms with Crippen molar-refractivity contribution in [2.75, 3.05) is 54.4 Å². The van der Waals surface area contributed by atoms with Gasteiger partial charge in [0.2, 0.25) is 0 Å². The Balaban J connectivity index is 1.35. The van der Waals surface area contributed by atoms with Crippen LogP contribution in [0.5, 0.6) is 11.5 Å². The van der Waals surface area contributed by atoms with E-state index in [9.17, 15) is 19.5 Å². The van der Waals surface area contributed by atoms with Crippen LogP contribution in [0.2, 0.25) is 0 Å². The van der Waals surface area contributed by atoms with E-state index in [1.807, 2.05) is 47.7 Å². The molecule has 308 valence electrons. The molecule has 1 heterocycles. The first kappa shape index (κ1) is 42.0. The molecule has 0 aliphatic heterocycles. The van der Waals surface area contributed by atoms with Gasteiger partial charge in [0.1, 0.15) is 28.3 Å². The highest BCUT2D eigenvalue weighted by atomic mass is 16.6. The van der Waals surface area contributed by atoms with Gasteiger partial charge in [0.05, 0.1) is 23.9 Å². The summed E-state index contributed by atoms with van der Waals surface area (Å²) in [5.74, 6) is 0.220. The first-order valence-corrected chi connectivity index (χ1v) is 20.6. The number of ether oxygens (including phenoxy) is 2. The molecule has 0 radical (unpaired) electrons. The summed E-state index contributed by atoms with van der Waals surface area (Å²) in [6, 6.07) is 14.7. The highest BCUT2D eigenvalue weighted by molar-refractivity contribution is 5.99. The minimum atomic E-state index is -1.17. The number of hydrogen-bond acceptors (Lipinski definition) is 9. The van der Waals surface area contributed by atoms with Crippen molar-refractivity contribution in [3.8, 4) is 28.4 Å². The Bertz CT molecular complexity index is 1900. The molecule has 1 aromatic heterocycles. The predicted molar refractivity (Wildman–Crippen MR) is 220 cm³/mol. The van der Waals surface area contributed by atoms with Gasteiger partial charge in [-0.2, -0.15) is 5.10 Å². The second kappa shape index (κ2) is 17.1. The van der Waals surface area contributed by atoms with E-state index in [1.165, 1.54) is 13.5 Å². The number of esters is 1. The second-order valence-corrected chi connectivity index (χ2v) is 17.9. The van der Waals surface area contributed by atoms with Crippen molar-refractivity contribution in [2.45, 2.75) is 96.6 Å². The molecule has 3 N–H and O–H groups in total. The van der Waals surface area contributed by atoms with Gasteiger partial charge < -0.3 is 35.0 Å². The predicted octanol–water partition coefficient (Wildman–Crippen LogP) is 6.25. The molecule has 2 amide bonds. The summed E-state index contributed by atoms with van der Waals surface area (Å²) in [4.78, 5) is 46.7. The van der Waals surface area contributed by atoms with Crippen molar-refractivity contribution in [2.24, 2.45) is 23.7 Å². The molecular weight excluding hydrogens is 721 g/mol. The van der Waals surface area contributed by atoms with Crippen LogP contribution >= 0.6 is 0 Å². The number of aromatic nitrogens is 2. The van der Waals surface area contributed by atoms with Gasteiger partial charge in [-0.05, 0) is 165 Å². The fraction of sp³-hybridized carbons (Fsp3) is 0.600. The summed E-state index contributed by atoms with van der Waals surface area (Å²) >= 11 is 0. The highest BCUT2D eigenvalue weighted by Crippen LogP contribution is 2.59. The van der Waals surface area contributed by atoms with Gasteiger partial charge in [-0.3, -0.25) is 9.59 Å². The third-order valence-corrected chi connectivity index (χ3v) is 12.2. The molecule has 4 saturated carbocycles. The molecule has 12 heteroatoms. The maximum Gasteiger partial charge on any atom is 0.332 e. The van der Waals surface area contributed by atoms with Gasteiger partial charge in [0, 0.05) is 13.6 Å². The number of benzene rings is 1. The Morgan fingerprint density at radius 2 is 1.67 bits per heavy atom. The molecule has 57 heavy (non-hydrogen) atoms. The van der Waals surface area contributed by atoms with Gasteiger partial charge in [0.25, 0.3) is 11.8 Å². The lowest BCUT2D eigenvalue weighted by atomic mass is 9.48. The number of nitrogens with one attached hydrogen (secondary N) is 2. The normalized spacial score (nSPS) is 22.4. The number of carbonyl (C=O) groups is 3. The molecule has 4 fully saturated rings. The first-order chi connectivity index (χ1) is 27.1. The van der Waals surface area contributed by atoms with Crippen molar-refractivity contribution < 1.29 is 29.0 Å². The number of hydrogen-bond donors (Lipinski definition) is 3. The van der Waals surface area contributed by atoms with Crippen molar-refractivity contribution in [1.82, 2.24) is 30.2 Å². The maximum atomic E-state index is 14.6. The molecule has 3 aromatic rings. The lowest BCUT2D eigenvalue weighted by molar-refractivity contribution is -0.180. The topological polar surface area (TPSA) is 138 Å². The van der Waals surface area contributed by atoms with Gasteiger partial charge in [-0.25, -0.2) is 9.48 Å². The lowest BCUT2D eigenvalue weighted by Crippen LogP contribution is -2.71. The summed E-state index contributed by atoms with van der Waals surface area (Å²) in [5, 5.41) is 22.6. The average molecular weight is 783 g/mol. The largest absolute Gasteiger partial charge is 0.507 e. The van der Waals surface area contributed by atoms with Gasteiger partial charge in [-0.15, -0.1) is 0 Å². The zero-order valence-electron chi connectivity index (χ0n) is 35.3. The molecule has 0 saturated heterocycles. The van der Waals surface area contributed by atoms with Gasteiger partial charge in [-0.1, -0.05) is 26.0 Å². The zero-order chi connectivity index (χ0) is 41.2. The van der Waals surface area contributed by atoms with E-state index >= 15 is 0 Å². The van der Waals surface area contributed by atoms with Crippen LogP contribution in [-0.2, 0) is 9.53 Å². The summed E-state index contributed by atoms with van der Waals surface area (Å²) in [6.45, 7) is 13.0. The van der Waals surface area contributed by atoms with E-state index in [0.717, 1.165) is 63.7 Å². The Labute approximate surface area is 338 Å². The Kier molecular flexibility index (Phi) is 12.6. The quantitative estimate of drug-likeness (QED) is 0.114. The van der Waals surface area contributed by atoms with E-state index in [-0.39, 0.29) is 41.1 Å². The number of phenols is 1. The fourth-order valence-electron chi connectivity index (χ4n) is 9.63. The minimum absolute atomic E-state index is 0.0321. The minimum Gasteiger partial charge on any atom is -0.507 e. The Morgan fingerprint density at radius 1 is 1.00 bits per heavy atom. The highest BCUT2D eigenvalue weighted by Gasteiger charge is 2.63. The van der Waals surface area contributed by atoms with E-state index < -0.39 is 17.0 Å². The van der Waals surface area contributed by atoms with Crippen LogP contribution in [0.25, 0.3) is 16.9 Å². The number of phenolic OH excluding ortho intramolecular Hbond substituents is 1. The SMILES string of the molecule is CNCCCN(C)CCCN(C)C(=O)c1c#cc(-n2nc(C(=O)NC3(C(=O)OC(C)(C)C)C4CC5CC(C4)CC3C5)cc2-c2c(O)cccc2OC)c(C(C)C)c1. The van der Waals surface area contributed by atoms with Crippen LogP contribution < -0.4 is 15.4 Å². The molecule has 4 bridgehead atoms. The van der Waals surface area contributed by atoms with Gasteiger partial charge in [0.15, 0.2) is 5.69 Å². The third-order valence-electron chi connectivity index (χ3n) is 12.2. The molecule has 2 aromatic carbocycles. The first-order valence-electron chi connectivity index (χ1n) is 20.6. The summed E-state index contributed by atoms with van der Waals surface area (Å²) in [6.07, 6.45) is 6.57. The molecular formula is C45H62N6O6. The third kappa shape index (κ3) is 8.80. The van der Waals surface area contributed by atoms with Crippen LogP contribution in [0, 0.1) is 35.8 Å². The van der Waals surface area contributed by atoms with Crippen LogP contribution in [0.3, 0.4) is 0 Å². The Hall–Kier alpha value is -4.60. The van der Waals surface area contributed by atoms with Crippen molar-refractivity contribution in [3.05, 3.63) is 59.3 Å².